The summed E-state index contributed by atoms with van der Waals surface area (Å²) < 4.78 is 31.4. The molecule has 0 bridgehead atoms. The van der Waals surface area contributed by atoms with Gasteiger partial charge in [-0.1, -0.05) is 0 Å². The van der Waals surface area contributed by atoms with Gasteiger partial charge < -0.3 is 4.42 Å². The first kappa shape index (κ1) is 13.9. The Morgan fingerprint density at radius 2 is 1.77 bits per heavy atom. The van der Waals surface area contributed by atoms with E-state index in [0.717, 1.165) is 6.07 Å². The standard InChI is InChI=1S/C15H9F2N3O2/c16-11-5-10(6-12(17)8-11)9-1-2-18-13(7-9)14(21)20-15-19-3-4-22-15/h1-8H,(H,19,20,21). The minimum absolute atomic E-state index is 0.0361. The SMILES string of the molecule is O=C(Nc1ncco1)c1cc(-c2cc(F)cc(F)c2)ccn1. The van der Waals surface area contributed by atoms with E-state index < -0.39 is 17.5 Å². The Labute approximate surface area is 123 Å². The highest BCUT2D eigenvalue weighted by molar-refractivity contribution is 6.02. The van der Waals surface area contributed by atoms with Crippen LogP contribution in [0.3, 0.4) is 0 Å². The van der Waals surface area contributed by atoms with Crippen LogP contribution in [0.25, 0.3) is 11.1 Å². The van der Waals surface area contributed by atoms with E-state index in [1.165, 1.54) is 36.9 Å². The maximum absolute atomic E-state index is 13.3. The summed E-state index contributed by atoms with van der Waals surface area (Å²) in [5.74, 6) is -1.93. The van der Waals surface area contributed by atoms with Gasteiger partial charge in [0.2, 0.25) is 0 Å². The van der Waals surface area contributed by atoms with E-state index in [0.29, 0.717) is 11.1 Å². The fourth-order valence-corrected chi connectivity index (χ4v) is 1.90. The Balaban J connectivity index is 1.90. The van der Waals surface area contributed by atoms with Gasteiger partial charge in [0.1, 0.15) is 23.6 Å². The molecule has 0 aliphatic rings. The third-order valence-electron chi connectivity index (χ3n) is 2.84. The molecule has 0 saturated carbocycles. The summed E-state index contributed by atoms with van der Waals surface area (Å²) in [5.41, 5.74) is 0.844. The average Bonchev–Trinajstić information content (AvgIpc) is 2.99. The molecule has 2 aromatic heterocycles. The number of amides is 1. The number of halogens is 2. The van der Waals surface area contributed by atoms with Crippen molar-refractivity contribution in [3.8, 4) is 11.1 Å². The Bertz CT molecular complexity index is 799. The molecule has 0 atom stereocenters. The molecule has 1 N–H and O–H groups in total. The first-order valence-corrected chi connectivity index (χ1v) is 6.25. The quantitative estimate of drug-likeness (QED) is 0.806. The van der Waals surface area contributed by atoms with Crippen molar-refractivity contribution >= 4 is 11.9 Å². The van der Waals surface area contributed by atoms with E-state index in [4.69, 9.17) is 4.42 Å². The molecule has 1 aromatic carbocycles. The molecule has 0 unspecified atom stereocenters. The second-order valence-corrected chi connectivity index (χ2v) is 4.38. The zero-order valence-corrected chi connectivity index (χ0v) is 11.1. The summed E-state index contributed by atoms with van der Waals surface area (Å²) >= 11 is 0. The fourth-order valence-electron chi connectivity index (χ4n) is 1.90. The maximum Gasteiger partial charge on any atom is 0.301 e. The van der Waals surface area contributed by atoms with Crippen LogP contribution in [-0.4, -0.2) is 15.9 Å². The van der Waals surface area contributed by atoms with Crippen LogP contribution < -0.4 is 5.32 Å². The number of hydrogen-bond acceptors (Lipinski definition) is 4. The van der Waals surface area contributed by atoms with Crippen molar-refractivity contribution in [2.45, 2.75) is 0 Å². The van der Waals surface area contributed by atoms with Crippen LogP contribution in [0.15, 0.2) is 53.4 Å². The van der Waals surface area contributed by atoms with Crippen LogP contribution in [0.5, 0.6) is 0 Å². The fraction of sp³-hybridized carbons (Fsp3) is 0. The van der Waals surface area contributed by atoms with Crippen molar-refractivity contribution in [3.05, 3.63) is 66.3 Å². The van der Waals surface area contributed by atoms with Gasteiger partial charge in [-0.3, -0.25) is 15.1 Å². The minimum Gasteiger partial charge on any atom is -0.432 e. The van der Waals surface area contributed by atoms with E-state index in [1.807, 2.05) is 0 Å². The molecule has 0 aliphatic carbocycles. The van der Waals surface area contributed by atoms with Crippen LogP contribution in [0.1, 0.15) is 10.5 Å². The van der Waals surface area contributed by atoms with Crippen molar-refractivity contribution in [2.75, 3.05) is 5.32 Å². The number of aromatic nitrogens is 2. The topological polar surface area (TPSA) is 68.0 Å². The smallest absolute Gasteiger partial charge is 0.301 e. The number of nitrogens with zero attached hydrogens (tertiary/aromatic N) is 2. The monoisotopic (exact) mass is 301 g/mol. The van der Waals surface area contributed by atoms with Crippen LogP contribution in [-0.2, 0) is 0 Å². The normalized spacial score (nSPS) is 10.5. The Hall–Kier alpha value is -3.09. The molecule has 7 heteroatoms. The molecule has 0 fully saturated rings. The summed E-state index contributed by atoms with van der Waals surface area (Å²) in [7, 11) is 0. The summed E-state index contributed by atoms with van der Waals surface area (Å²) in [6.07, 6.45) is 4.08. The van der Waals surface area contributed by atoms with Crippen LogP contribution >= 0.6 is 0 Å². The molecule has 1 amide bonds. The second kappa shape index (κ2) is 5.72. The molecule has 0 saturated heterocycles. The average molecular weight is 301 g/mol. The molecule has 3 rings (SSSR count). The highest BCUT2D eigenvalue weighted by atomic mass is 19.1. The highest BCUT2D eigenvalue weighted by Crippen LogP contribution is 2.22. The van der Waals surface area contributed by atoms with E-state index in [9.17, 15) is 13.6 Å². The van der Waals surface area contributed by atoms with Crippen molar-refractivity contribution < 1.29 is 18.0 Å². The lowest BCUT2D eigenvalue weighted by atomic mass is 10.1. The first-order chi connectivity index (χ1) is 10.6. The van der Waals surface area contributed by atoms with Crippen molar-refractivity contribution in [1.29, 1.82) is 0 Å². The predicted octanol–water partition coefficient (Wildman–Crippen LogP) is 3.27. The number of rotatable bonds is 3. The molecule has 0 radical (unpaired) electrons. The molecule has 0 aliphatic heterocycles. The second-order valence-electron chi connectivity index (χ2n) is 4.38. The Kier molecular flexibility index (Phi) is 3.61. The summed E-state index contributed by atoms with van der Waals surface area (Å²) in [5, 5.41) is 2.41. The first-order valence-electron chi connectivity index (χ1n) is 6.25. The number of oxazole rings is 1. The predicted molar refractivity (Wildman–Crippen MR) is 74.0 cm³/mol. The van der Waals surface area contributed by atoms with Gasteiger partial charge >= 0.3 is 6.01 Å². The van der Waals surface area contributed by atoms with Gasteiger partial charge in [-0.15, -0.1) is 0 Å². The lowest BCUT2D eigenvalue weighted by molar-refractivity contribution is 0.101. The highest BCUT2D eigenvalue weighted by Gasteiger charge is 2.12. The van der Waals surface area contributed by atoms with Crippen molar-refractivity contribution in [2.24, 2.45) is 0 Å². The van der Waals surface area contributed by atoms with Crippen LogP contribution in [0, 0.1) is 11.6 Å². The molecule has 5 nitrogen and oxygen atoms in total. The number of pyridine rings is 1. The van der Waals surface area contributed by atoms with Gasteiger partial charge in [0, 0.05) is 12.3 Å². The minimum atomic E-state index is -0.697. The number of carbonyl (C=O) groups is 1. The van der Waals surface area contributed by atoms with E-state index in [-0.39, 0.29) is 11.7 Å². The van der Waals surface area contributed by atoms with Crippen LogP contribution in [0.2, 0.25) is 0 Å². The molecule has 3 aromatic rings. The Morgan fingerprint density at radius 3 is 2.45 bits per heavy atom. The number of nitrogens with one attached hydrogen (secondary N) is 1. The van der Waals surface area contributed by atoms with Gasteiger partial charge in [-0.2, -0.15) is 0 Å². The van der Waals surface area contributed by atoms with E-state index in [1.54, 1.807) is 6.07 Å². The third-order valence-corrected chi connectivity index (χ3v) is 2.84. The molecule has 0 spiro atoms. The van der Waals surface area contributed by atoms with Crippen molar-refractivity contribution in [3.63, 3.8) is 0 Å². The summed E-state index contributed by atoms with van der Waals surface area (Å²) in [4.78, 5) is 19.7. The molecule has 2 heterocycles. The summed E-state index contributed by atoms with van der Waals surface area (Å²) in [6.45, 7) is 0. The lowest BCUT2D eigenvalue weighted by Gasteiger charge is -2.05. The third kappa shape index (κ3) is 2.98. The van der Waals surface area contributed by atoms with Gasteiger partial charge in [-0.25, -0.2) is 13.8 Å². The maximum atomic E-state index is 13.3. The lowest BCUT2D eigenvalue weighted by Crippen LogP contribution is -2.13. The molecular weight excluding hydrogens is 292 g/mol. The van der Waals surface area contributed by atoms with Gasteiger partial charge in [0.25, 0.3) is 5.91 Å². The zero-order valence-electron chi connectivity index (χ0n) is 11.1. The van der Waals surface area contributed by atoms with E-state index in [2.05, 4.69) is 15.3 Å². The largest absolute Gasteiger partial charge is 0.432 e. The molecule has 22 heavy (non-hydrogen) atoms. The number of benzene rings is 1. The molecule has 110 valence electrons. The van der Waals surface area contributed by atoms with Crippen molar-refractivity contribution in [1.82, 2.24) is 9.97 Å². The number of hydrogen-bond donors (Lipinski definition) is 1. The van der Waals surface area contributed by atoms with Gasteiger partial charge in [-0.05, 0) is 35.4 Å². The van der Waals surface area contributed by atoms with E-state index >= 15 is 0 Å². The summed E-state index contributed by atoms with van der Waals surface area (Å²) in [6, 6.07) is 6.14. The number of carbonyl (C=O) groups excluding carboxylic acids is 1. The molecular formula is C15H9F2N3O2. The van der Waals surface area contributed by atoms with Crippen LogP contribution in [0.4, 0.5) is 14.8 Å². The number of anilines is 1. The van der Waals surface area contributed by atoms with Gasteiger partial charge in [0.05, 0.1) is 6.20 Å². The zero-order chi connectivity index (χ0) is 15.5. The van der Waals surface area contributed by atoms with Gasteiger partial charge in [0.15, 0.2) is 0 Å². The Morgan fingerprint density at radius 1 is 1.00 bits per heavy atom.